The summed E-state index contributed by atoms with van der Waals surface area (Å²) < 4.78 is 5.17. The number of anilines is 1. The average Bonchev–Trinajstić information content (AvgIpc) is 2.56. The molecule has 24 heavy (non-hydrogen) atoms. The molecule has 0 spiro atoms. The number of carbonyl (C=O) groups excluding carboxylic acids is 1. The molecule has 2 aromatic rings. The third-order valence-electron chi connectivity index (χ3n) is 2.97. The number of ether oxygens (including phenoxy) is 1. The van der Waals surface area contributed by atoms with Gasteiger partial charge in [0, 0.05) is 15.7 Å². The van der Waals surface area contributed by atoms with Gasteiger partial charge in [-0.05, 0) is 23.8 Å². The minimum atomic E-state index is -0.874. The molecule has 0 unspecified atom stereocenters. The first-order valence-corrected chi connectivity index (χ1v) is 8.53. The molecule has 0 saturated heterocycles. The maximum Gasteiger partial charge on any atom is 0.411 e. The molecular weight excluding hydrogens is 350 g/mol. The van der Waals surface area contributed by atoms with Gasteiger partial charge in [-0.25, -0.2) is 4.79 Å². The molecule has 0 saturated carbocycles. The summed E-state index contributed by atoms with van der Waals surface area (Å²) in [4.78, 5) is 23.2. The number of carboxylic acids is 1. The van der Waals surface area contributed by atoms with E-state index in [0.29, 0.717) is 21.4 Å². The molecule has 0 aliphatic heterocycles. The molecule has 5 nitrogen and oxygen atoms in total. The monoisotopic (exact) mass is 365 g/mol. The Morgan fingerprint density at radius 1 is 1.17 bits per heavy atom. The van der Waals surface area contributed by atoms with Gasteiger partial charge in [-0.15, -0.1) is 11.8 Å². The molecule has 7 heteroatoms. The summed E-state index contributed by atoms with van der Waals surface area (Å²) in [6.07, 6.45) is -0.559. The van der Waals surface area contributed by atoms with Gasteiger partial charge >= 0.3 is 12.1 Å². The molecule has 0 aromatic heterocycles. The number of nitrogens with one attached hydrogen (secondary N) is 1. The minimum Gasteiger partial charge on any atom is -0.481 e. The maximum absolute atomic E-state index is 11.9. The van der Waals surface area contributed by atoms with Gasteiger partial charge in [0.2, 0.25) is 0 Å². The van der Waals surface area contributed by atoms with Crippen LogP contribution in [0.25, 0.3) is 0 Å². The second-order valence-electron chi connectivity index (χ2n) is 4.82. The summed E-state index contributed by atoms with van der Waals surface area (Å²) >= 11 is 7.27. The van der Waals surface area contributed by atoms with Crippen LogP contribution in [-0.2, 0) is 16.1 Å². The lowest BCUT2D eigenvalue weighted by Gasteiger charge is -2.11. The lowest BCUT2D eigenvalue weighted by molar-refractivity contribution is -0.136. The third kappa shape index (κ3) is 6.14. The second kappa shape index (κ2) is 9.20. The Balaban J connectivity index is 1.94. The fourth-order valence-corrected chi connectivity index (χ4v) is 3.05. The molecule has 0 radical (unpaired) electrons. The zero-order chi connectivity index (χ0) is 17.4. The highest BCUT2D eigenvalue weighted by Crippen LogP contribution is 2.30. The Morgan fingerprint density at radius 2 is 1.92 bits per heavy atom. The molecule has 0 fully saturated rings. The smallest absolute Gasteiger partial charge is 0.411 e. The number of halogens is 1. The molecule has 0 atom stereocenters. The SMILES string of the molecule is O=C(O)CCSc1cc(Cl)ccc1NC(=O)OCc1ccccc1. The molecule has 1 amide bonds. The number of amides is 1. The van der Waals surface area contributed by atoms with Crippen LogP contribution in [0.5, 0.6) is 0 Å². The number of benzene rings is 2. The summed E-state index contributed by atoms with van der Waals surface area (Å²) in [5.74, 6) is -0.495. The van der Waals surface area contributed by atoms with Crippen LogP contribution in [0.1, 0.15) is 12.0 Å². The van der Waals surface area contributed by atoms with Crippen molar-refractivity contribution in [1.82, 2.24) is 0 Å². The number of aliphatic carboxylic acids is 1. The minimum absolute atomic E-state index is 0.0229. The predicted molar refractivity (Wildman–Crippen MR) is 94.7 cm³/mol. The number of hydrogen-bond acceptors (Lipinski definition) is 4. The lowest BCUT2D eigenvalue weighted by Crippen LogP contribution is -2.14. The van der Waals surface area contributed by atoms with Crippen LogP contribution in [0, 0.1) is 0 Å². The lowest BCUT2D eigenvalue weighted by atomic mass is 10.2. The van der Waals surface area contributed by atoms with E-state index in [2.05, 4.69) is 5.32 Å². The molecule has 2 N–H and O–H groups in total. The first-order valence-electron chi connectivity index (χ1n) is 7.16. The largest absolute Gasteiger partial charge is 0.481 e. The topological polar surface area (TPSA) is 75.6 Å². The number of carbonyl (C=O) groups is 2. The maximum atomic E-state index is 11.9. The van der Waals surface area contributed by atoms with E-state index < -0.39 is 12.1 Å². The van der Waals surface area contributed by atoms with Crippen molar-refractivity contribution in [3.8, 4) is 0 Å². The molecule has 126 valence electrons. The second-order valence-corrected chi connectivity index (χ2v) is 6.39. The molecule has 0 aliphatic carbocycles. The first kappa shape index (κ1) is 18.2. The summed E-state index contributed by atoms with van der Waals surface area (Å²) in [6.45, 7) is 0.168. The normalized spacial score (nSPS) is 10.2. The van der Waals surface area contributed by atoms with E-state index >= 15 is 0 Å². The van der Waals surface area contributed by atoms with Gasteiger partial charge in [0.15, 0.2) is 0 Å². The van der Waals surface area contributed by atoms with Gasteiger partial charge in [0.1, 0.15) is 6.61 Å². The number of hydrogen-bond donors (Lipinski definition) is 2. The van der Waals surface area contributed by atoms with Crippen molar-refractivity contribution in [2.24, 2.45) is 0 Å². The summed E-state index contributed by atoms with van der Waals surface area (Å²) in [5, 5.41) is 11.9. The number of carboxylic acid groups (broad SMARTS) is 1. The molecule has 0 aliphatic rings. The summed E-state index contributed by atoms with van der Waals surface area (Å²) in [7, 11) is 0. The Morgan fingerprint density at radius 3 is 2.62 bits per heavy atom. The van der Waals surface area contributed by atoms with Crippen LogP contribution in [0.2, 0.25) is 5.02 Å². The predicted octanol–water partition coefficient (Wildman–Crippen LogP) is 4.66. The first-order chi connectivity index (χ1) is 11.5. The average molecular weight is 366 g/mol. The van der Waals surface area contributed by atoms with Crippen molar-refractivity contribution in [1.29, 1.82) is 0 Å². The Hall–Kier alpha value is -2.18. The van der Waals surface area contributed by atoms with Crippen molar-refractivity contribution >= 4 is 41.1 Å². The zero-order valence-corrected chi connectivity index (χ0v) is 14.3. The fraction of sp³-hybridized carbons (Fsp3) is 0.176. The Kier molecular flexibility index (Phi) is 6.96. The van der Waals surface area contributed by atoms with Gasteiger partial charge in [0.25, 0.3) is 0 Å². The molecule has 2 rings (SSSR count). The Labute approximate surface area is 149 Å². The quantitative estimate of drug-likeness (QED) is 0.698. The summed E-state index contributed by atoms with van der Waals surface area (Å²) in [6, 6.07) is 14.3. The van der Waals surface area contributed by atoms with E-state index in [1.807, 2.05) is 30.3 Å². The van der Waals surface area contributed by atoms with E-state index in [-0.39, 0.29) is 13.0 Å². The van der Waals surface area contributed by atoms with Crippen molar-refractivity contribution in [2.75, 3.05) is 11.1 Å². The molecular formula is C17H16ClNO4S. The van der Waals surface area contributed by atoms with Gasteiger partial charge in [-0.1, -0.05) is 41.9 Å². The van der Waals surface area contributed by atoms with Crippen LogP contribution >= 0.6 is 23.4 Å². The zero-order valence-electron chi connectivity index (χ0n) is 12.7. The van der Waals surface area contributed by atoms with E-state index in [4.69, 9.17) is 21.4 Å². The fourth-order valence-electron chi connectivity index (χ4n) is 1.84. The van der Waals surface area contributed by atoms with Crippen LogP contribution in [0.4, 0.5) is 10.5 Å². The molecule has 2 aromatic carbocycles. The highest BCUT2D eigenvalue weighted by Gasteiger charge is 2.10. The summed E-state index contributed by atoms with van der Waals surface area (Å²) in [5.41, 5.74) is 1.42. The Bertz CT molecular complexity index is 709. The van der Waals surface area contributed by atoms with Gasteiger partial charge < -0.3 is 9.84 Å². The van der Waals surface area contributed by atoms with Crippen molar-refractivity contribution in [2.45, 2.75) is 17.9 Å². The highest BCUT2D eigenvalue weighted by atomic mass is 35.5. The standard InChI is InChI=1S/C17H16ClNO4S/c18-13-6-7-14(15(10-13)24-9-8-16(20)21)19-17(22)23-11-12-4-2-1-3-5-12/h1-7,10H,8-9,11H2,(H,19,22)(H,20,21). The number of thioether (sulfide) groups is 1. The van der Waals surface area contributed by atoms with Crippen molar-refractivity contribution in [3.63, 3.8) is 0 Å². The van der Waals surface area contributed by atoms with E-state index in [9.17, 15) is 9.59 Å². The van der Waals surface area contributed by atoms with Crippen LogP contribution < -0.4 is 5.32 Å². The van der Waals surface area contributed by atoms with E-state index in [0.717, 1.165) is 5.56 Å². The third-order valence-corrected chi connectivity index (χ3v) is 4.26. The molecule has 0 heterocycles. The van der Waals surface area contributed by atoms with Crippen LogP contribution in [0.15, 0.2) is 53.4 Å². The highest BCUT2D eigenvalue weighted by molar-refractivity contribution is 7.99. The number of rotatable bonds is 7. The van der Waals surface area contributed by atoms with Crippen LogP contribution in [-0.4, -0.2) is 22.9 Å². The van der Waals surface area contributed by atoms with Gasteiger partial charge in [-0.2, -0.15) is 0 Å². The van der Waals surface area contributed by atoms with E-state index in [1.165, 1.54) is 11.8 Å². The molecule has 0 bridgehead atoms. The van der Waals surface area contributed by atoms with Crippen molar-refractivity contribution in [3.05, 3.63) is 59.1 Å². The van der Waals surface area contributed by atoms with E-state index in [1.54, 1.807) is 18.2 Å². The van der Waals surface area contributed by atoms with Gasteiger partial charge in [-0.3, -0.25) is 10.1 Å². The van der Waals surface area contributed by atoms with Gasteiger partial charge in [0.05, 0.1) is 12.1 Å². The van der Waals surface area contributed by atoms with Crippen molar-refractivity contribution < 1.29 is 19.4 Å². The van der Waals surface area contributed by atoms with Crippen LogP contribution in [0.3, 0.4) is 0 Å².